The third-order valence-electron chi connectivity index (χ3n) is 4.09. The first-order chi connectivity index (χ1) is 14.2. The van der Waals surface area contributed by atoms with Gasteiger partial charge in [-0.1, -0.05) is 12.1 Å². The van der Waals surface area contributed by atoms with Gasteiger partial charge in [-0.2, -0.15) is 18.2 Å². The molecule has 0 aliphatic heterocycles. The molecule has 30 heavy (non-hydrogen) atoms. The van der Waals surface area contributed by atoms with Gasteiger partial charge in [0.15, 0.2) is 5.65 Å². The van der Waals surface area contributed by atoms with Gasteiger partial charge in [-0.05, 0) is 49.2 Å². The molecule has 158 valence electrons. The van der Waals surface area contributed by atoms with E-state index in [-0.39, 0.29) is 22.9 Å². The van der Waals surface area contributed by atoms with Gasteiger partial charge >= 0.3 is 12.2 Å². The molecule has 8 nitrogen and oxygen atoms in total. The highest BCUT2D eigenvalue weighted by Gasteiger charge is 2.30. The summed E-state index contributed by atoms with van der Waals surface area (Å²) in [7, 11) is 0. The number of fused-ring (bicyclic) bond motifs is 1. The third kappa shape index (κ3) is 4.50. The van der Waals surface area contributed by atoms with Crippen LogP contribution in [-0.2, 0) is 6.18 Å². The van der Waals surface area contributed by atoms with E-state index in [9.17, 15) is 22.8 Å². The van der Waals surface area contributed by atoms with Gasteiger partial charge in [-0.25, -0.2) is 9.31 Å². The molecule has 0 bridgehead atoms. The van der Waals surface area contributed by atoms with E-state index in [1.54, 1.807) is 13.8 Å². The van der Waals surface area contributed by atoms with Crippen LogP contribution in [0.15, 0.2) is 36.4 Å². The fourth-order valence-electron chi connectivity index (χ4n) is 2.80. The molecule has 0 aliphatic carbocycles. The molecular weight excluding hydrogens is 401 g/mol. The second-order valence-corrected chi connectivity index (χ2v) is 6.26. The second kappa shape index (κ2) is 8.39. The molecule has 0 unspecified atom stereocenters. The number of urea groups is 1. The van der Waals surface area contributed by atoms with E-state index < -0.39 is 23.7 Å². The number of hydrogen-bond donors (Lipinski definition) is 3. The van der Waals surface area contributed by atoms with Crippen molar-refractivity contribution in [3.63, 3.8) is 0 Å². The average Bonchev–Trinajstić information content (AvgIpc) is 3.09. The Kier molecular flexibility index (Phi) is 5.90. The van der Waals surface area contributed by atoms with E-state index in [2.05, 4.69) is 26.0 Å². The fraction of sp³-hybridized carbons (Fsp3) is 0.263. The van der Waals surface area contributed by atoms with Crippen molar-refractivity contribution in [2.45, 2.75) is 20.0 Å². The molecule has 0 radical (unpaired) electrons. The molecule has 0 fully saturated rings. The van der Waals surface area contributed by atoms with Gasteiger partial charge < -0.3 is 10.6 Å². The van der Waals surface area contributed by atoms with E-state index in [1.165, 1.54) is 28.8 Å². The maximum Gasteiger partial charge on any atom is 0.416 e. The number of hydrogen-bond acceptors (Lipinski definition) is 4. The van der Waals surface area contributed by atoms with Gasteiger partial charge in [-0.3, -0.25) is 10.1 Å². The average molecular weight is 420 g/mol. The zero-order valence-electron chi connectivity index (χ0n) is 16.2. The zero-order valence-corrected chi connectivity index (χ0v) is 16.2. The van der Waals surface area contributed by atoms with Crippen LogP contribution < -0.4 is 16.0 Å². The maximum absolute atomic E-state index is 13.1. The summed E-state index contributed by atoms with van der Waals surface area (Å²) < 4.78 is 40.5. The summed E-state index contributed by atoms with van der Waals surface area (Å²) in [4.78, 5) is 28.4. The predicted octanol–water partition coefficient (Wildman–Crippen LogP) is 3.31. The summed E-state index contributed by atoms with van der Waals surface area (Å²) in [5.41, 5.74) is 0.0709. The van der Waals surface area contributed by atoms with Gasteiger partial charge in [0.2, 0.25) is 0 Å². The summed E-state index contributed by atoms with van der Waals surface area (Å²) in [5.74, 6) is -0.529. The summed E-state index contributed by atoms with van der Waals surface area (Å²) >= 11 is 0. The molecule has 3 rings (SSSR count). The molecule has 2 aromatic heterocycles. The molecule has 11 heteroatoms. The Hall–Kier alpha value is -3.63. The minimum atomic E-state index is -4.50. The van der Waals surface area contributed by atoms with Crippen LogP contribution in [0, 0.1) is 0 Å². The van der Waals surface area contributed by atoms with Gasteiger partial charge in [0, 0.05) is 13.1 Å². The van der Waals surface area contributed by atoms with Crippen molar-refractivity contribution in [2.24, 2.45) is 0 Å². The van der Waals surface area contributed by atoms with E-state index >= 15 is 0 Å². The first-order valence-corrected chi connectivity index (χ1v) is 9.14. The Morgan fingerprint density at radius 3 is 2.43 bits per heavy atom. The summed E-state index contributed by atoms with van der Waals surface area (Å²) in [5, 5.41) is 11.7. The minimum absolute atomic E-state index is 0.0484. The minimum Gasteiger partial charge on any atom is -0.351 e. The zero-order chi connectivity index (χ0) is 21.9. The Bertz CT molecular complexity index is 1090. The summed E-state index contributed by atoms with van der Waals surface area (Å²) in [6.07, 6.45) is -4.50. The SMILES string of the molecule is CCNC(=O)Nc1nc2cc(-c3cccc(C(F)(F)F)c3)cc(C(=O)NCC)n2n1. The number of carbonyl (C=O) groups is 2. The molecule has 0 saturated heterocycles. The van der Waals surface area contributed by atoms with Gasteiger partial charge in [0.25, 0.3) is 11.9 Å². The van der Waals surface area contributed by atoms with Crippen LogP contribution in [0.2, 0.25) is 0 Å². The number of anilines is 1. The molecule has 3 amide bonds. The van der Waals surface area contributed by atoms with Crippen LogP contribution in [0.3, 0.4) is 0 Å². The second-order valence-electron chi connectivity index (χ2n) is 6.26. The molecule has 0 spiro atoms. The standard InChI is InChI=1S/C19H19F3N6O2/c1-3-23-16(29)14-9-12(11-6-5-7-13(8-11)19(20,21)22)10-15-25-17(27-28(14)15)26-18(30)24-4-2/h5-10H,3-4H2,1-2H3,(H,23,29)(H2,24,26,27,30). The molecule has 2 heterocycles. The highest BCUT2D eigenvalue weighted by atomic mass is 19.4. The molecule has 3 N–H and O–H groups in total. The first-order valence-electron chi connectivity index (χ1n) is 9.14. The van der Waals surface area contributed by atoms with Crippen LogP contribution >= 0.6 is 0 Å². The monoisotopic (exact) mass is 420 g/mol. The highest BCUT2D eigenvalue weighted by Crippen LogP contribution is 2.32. The normalized spacial score (nSPS) is 11.4. The molecule has 1 aromatic carbocycles. The van der Waals surface area contributed by atoms with Crippen LogP contribution in [0.1, 0.15) is 29.9 Å². The smallest absolute Gasteiger partial charge is 0.351 e. The van der Waals surface area contributed by atoms with Crippen molar-refractivity contribution < 1.29 is 22.8 Å². The molecule has 3 aromatic rings. The Morgan fingerprint density at radius 1 is 1.03 bits per heavy atom. The molecular formula is C19H19F3N6O2. The lowest BCUT2D eigenvalue weighted by Crippen LogP contribution is -2.28. The van der Waals surface area contributed by atoms with Crippen molar-refractivity contribution in [3.8, 4) is 11.1 Å². The number of rotatable bonds is 5. The van der Waals surface area contributed by atoms with Gasteiger partial charge in [0.05, 0.1) is 5.56 Å². The quantitative estimate of drug-likeness (QED) is 0.590. The molecule has 0 atom stereocenters. The van der Waals surface area contributed by atoms with E-state index in [0.29, 0.717) is 18.7 Å². The van der Waals surface area contributed by atoms with E-state index in [1.807, 2.05) is 0 Å². The maximum atomic E-state index is 13.1. The lowest BCUT2D eigenvalue weighted by molar-refractivity contribution is -0.137. The molecule has 0 saturated carbocycles. The van der Waals surface area contributed by atoms with Crippen LogP contribution in [0.25, 0.3) is 16.8 Å². The number of halogens is 3. The number of alkyl halides is 3. The summed E-state index contributed by atoms with van der Waals surface area (Å²) in [6.45, 7) is 4.20. The number of aromatic nitrogens is 3. The number of carbonyl (C=O) groups excluding carboxylic acids is 2. The number of nitrogens with zero attached hydrogens (tertiary/aromatic N) is 3. The lowest BCUT2D eigenvalue weighted by Gasteiger charge is -2.11. The van der Waals surface area contributed by atoms with E-state index in [0.717, 1.165) is 12.1 Å². The Morgan fingerprint density at radius 2 is 1.77 bits per heavy atom. The van der Waals surface area contributed by atoms with Crippen molar-refractivity contribution in [1.82, 2.24) is 25.2 Å². The van der Waals surface area contributed by atoms with Crippen molar-refractivity contribution in [2.75, 3.05) is 18.4 Å². The van der Waals surface area contributed by atoms with Crippen molar-refractivity contribution in [3.05, 3.63) is 47.7 Å². The number of amides is 3. The topological polar surface area (TPSA) is 100 Å². The summed E-state index contributed by atoms with van der Waals surface area (Å²) in [6, 6.07) is 7.17. The third-order valence-corrected chi connectivity index (χ3v) is 4.09. The van der Waals surface area contributed by atoms with Crippen molar-refractivity contribution in [1.29, 1.82) is 0 Å². The van der Waals surface area contributed by atoms with Crippen LogP contribution in [0.4, 0.5) is 23.9 Å². The highest BCUT2D eigenvalue weighted by molar-refractivity contribution is 5.95. The van der Waals surface area contributed by atoms with Crippen LogP contribution in [0.5, 0.6) is 0 Å². The largest absolute Gasteiger partial charge is 0.416 e. The van der Waals surface area contributed by atoms with Gasteiger partial charge in [-0.15, -0.1) is 5.10 Å². The fourth-order valence-corrected chi connectivity index (χ4v) is 2.80. The van der Waals surface area contributed by atoms with Gasteiger partial charge in [0.1, 0.15) is 5.69 Å². The van der Waals surface area contributed by atoms with Crippen LogP contribution in [-0.4, -0.2) is 39.6 Å². The number of nitrogens with one attached hydrogen (secondary N) is 3. The van der Waals surface area contributed by atoms with Crippen molar-refractivity contribution >= 4 is 23.5 Å². The van der Waals surface area contributed by atoms with E-state index in [4.69, 9.17) is 0 Å². The number of benzene rings is 1. The Labute approximate surface area is 169 Å². The predicted molar refractivity (Wildman–Crippen MR) is 104 cm³/mol. The molecule has 0 aliphatic rings. The Balaban J connectivity index is 2.12. The number of pyridine rings is 1. The first kappa shape index (κ1) is 21.1. The lowest BCUT2D eigenvalue weighted by atomic mass is 10.0.